The first-order valence-electron chi connectivity index (χ1n) is 3.30. The molecule has 0 aliphatic carbocycles. The number of carbonyl (C=O) groups excluding carboxylic acids is 1. The van der Waals surface area contributed by atoms with Gasteiger partial charge in [0, 0.05) is 6.20 Å². The van der Waals surface area contributed by atoms with E-state index in [0.29, 0.717) is 0 Å². The minimum Gasteiger partial charge on any atom is -0.505 e. The zero-order valence-corrected chi connectivity index (χ0v) is 6.70. The number of esters is 1. The van der Waals surface area contributed by atoms with E-state index < -0.39 is 17.7 Å². The highest BCUT2D eigenvalue weighted by molar-refractivity contribution is 5.98. The molecule has 6 heteroatoms. The fourth-order valence-electron chi connectivity index (χ4n) is 0.836. The van der Waals surface area contributed by atoms with Gasteiger partial charge in [-0.15, -0.1) is 0 Å². The molecule has 0 radical (unpaired) electrons. The quantitative estimate of drug-likeness (QED) is 0.571. The van der Waals surface area contributed by atoms with Crippen LogP contribution in [-0.4, -0.2) is 34.2 Å². The van der Waals surface area contributed by atoms with Gasteiger partial charge >= 0.3 is 11.9 Å². The molecule has 0 aliphatic heterocycles. The van der Waals surface area contributed by atoms with Crippen molar-refractivity contribution in [1.29, 1.82) is 0 Å². The lowest BCUT2D eigenvalue weighted by atomic mass is 10.3. The summed E-state index contributed by atoms with van der Waals surface area (Å²) in [6.07, 6.45) is 1.02. The van der Waals surface area contributed by atoms with Gasteiger partial charge in [0.25, 0.3) is 0 Å². The monoisotopic (exact) mass is 185 g/mol. The molecule has 0 saturated carbocycles. The molecule has 1 rings (SSSR count). The highest BCUT2D eigenvalue weighted by atomic mass is 16.5. The largest absolute Gasteiger partial charge is 0.505 e. The first-order valence-corrected chi connectivity index (χ1v) is 3.30. The van der Waals surface area contributed by atoms with Crippen LogP contribution in [0.3, 0.4) is 0 Å². The van der Waals surface area contributed by atoms with E-state index in [1.54, 1.807) is 0 Å². The van der Waals surface area contributed by atoms with Crippen LogP contribution in [0.2, 0.25) is 0 Å². The number of hydrogen-bond donors (Lipinski definition) is 3. The molecule has 1 aromatic heterocycles. The van der Waals surface area contributed by atoms with Gasteiger partial charge in [-0.05, 0) is 0 Å². The van der Waals surface area contributed by atoms with E-state index in [-0.39, 0.29) is 11.3 Å². The molecule has 0 atom stereocenters. The van der Waals surface area contributed by atoms with Crippen molar-refractivity contribution in [3.05, 3.63) is 17.5 Å². The number of carboxylic acid groups (broad SMARTS) is 1. The molecule has 0 aliphatic rings. The number of methoxy groups -OCH3 is 1. The van der Waals surface area contributed by atoms with E-state index in [1.165, 1.54) is 0 Å². The fourth-order valence-corrected chi connectivity index (χ4v) is 0.836. The van der Waals surface area contributed by atoms with E-state index in [9.17, 15) is 14.7 Å². The number of aromatic nitrogens is 1. The second-order valence-electron chi connectivity index (χ2n) is 2.22. The number of aromatic hydroxyl groups is 1. The Morgan fingerprint density at radius 1 is 1.54 bits per heavy atom. The molecule has 0 amide bonds. The Morgan fingerprint density at radius 3 is 2.54 bits per heavy atom. The summed E-state index contributed by atoms with van der Waals surface area (Å²) in [6.45, 7) is 0. The summed E-state index contributed by atoms with van der Waals surface area (Å²) in [4.78, 5) is 23.6. The molecule has 1 heterocycles. The standard InChI is InChI=1S/C7H7NO5/c1-13-7(12)4-5(9)3(2-8-4)6(10)11/h2,8-9H,1H3,(H,10,11). The summed E-state index contributed by atoms with van der Waals surface area (Å²) in [5.41, 5.74) is -0.625. The van der Waals surface area contributed by atoms with Crippen molar-refractivity contribution >= 4 is 11.9 Å². The summed E-state index contributed by atoms with van der Waals surface area (Å²) in [5.74, 6) is -2.74. The first-order chi connectivity index (χ1) is 6.07. The maximum atomic E-state index is 10.9. The molecular formula is C7H7NO5. The summed E-state index contributed by atoms with van der Waals surface area (Å²) >= 11 is 0. The van der Waals surface area contributed by atoms with Gasteiger partial charge in [0.1, 0.15) is 5.56 Å². The summed E-state index contributed by atoms with van der Waals surface area (Å²) in [6, 6.07) is 0. The van der Waals surface area contributed by atoms with Crippen LogP contribution >= 0.6 is 0 Å². The van der Waals surface area contributed by atoms with Gasteiger partial charge in [-0.25, -0.2) is 9.59 Å². The number of nitrogens with one attached hydrogen (secondary N) is 1. The SMILES string of the molecule is COC(=O)c1[nH]cc(C(=O)O)c1O. The average molecular weight is 185 g/mol. The number of carboxylic acids is 1. The predicted molar refractivity (Wildman–Crippen MR) is 40.8 cm³/mol. The third kappa shape index (κ3) is 1.46. The molecule has 0 unspecified atom stereocenters. The van der Waals surface area contributed by atoms with Crippen molar-refractivity contribution in [3.8, 4) is 5.75 Å². The van der Waals surface area contributed by atoms with Gasteiger partial charge in [0.2, 0.25) is 0 Å². The topological polar surface area (TPSA) is 99.6 Å². The molecular weight excluding hydrogens is 178 g/mol. The molecule has 0 fully saturated rings. The lowest BCUT2D eigenvalue weighted by Crippen LogP contribution is -2.02. The summed E-state index contributed by atoms with van der Waals surface area (Å²) in [5, 5.41) is 17.7. The molecule has 6 nitrogen and oxygen atoms in total. The van der Waals surface area contributed by atoms with Crippen molar-refractivity contribution in [2.24, 2.45) is 0 Å². The third-order valence-corrected chi connectivity index (χ3v) is 1.47. The number of ether oxygens (including phenoxy) is 1. The van der Waals surface area contributed by atoms with Crippen molar-refractivity contribution in [2.75, 3.05) is 7.11 Å². The smallest absolute Gasteiger partial charge is 0.358 e. The Morgan fingerprint density at radius 2 is 2.15 bits per heavy atom. The molecule has 70 valence electrons. The van der Waals surface area contributed by atoms with Gasteiger partial charge in [0.15, 0.2) is 11.4 Å². The Hall–Kier alpha value is -1.98. The number of carbonyl (C=O) groups is 2. The van der Waals surface area contributed by atoms with Crippen LogP contribution in [-0.2, 0) is 4.74 Å². The van der Waals surface area contributed by atoms with Crippen LogP contribution < -0.4 is 0 Å². The normalized spacial score (nSPS) is 9.62. The average Bonchev–Trinajstić information content (AvgIpc) is 2.46. The van der Waals surface area contributed by atoms with E-state index in [1.807, 2.05) is 0 Å². The lowest BCUT2D eigenvalue weighted by molar-refractivity contribution is 0.0591. The molecule has 1 aromatic rings. The maximum Gasteiger partial charge on any atom is 0.358 e. The number of aromatic carboxylic acids is 1. The Bertz CT molecular complexity index is 354. The van der Waals surface area contributed by atoms with E-state index in [4.69, 9.17) is 5.11 Å². The predicted octanol–water partition coefficient (Wildman–Crippen LogP) is 0.205. The Kier molecular flexibility index (Phi) is 2.23. The highest BCUT2D eigenvalue weighted by Crippen LogP contribution is 2.22. The van der Waals surface area contributed by atoms with Crippen molar-refractivity contribution in [2.45, 2.75) is 0 Å². The van der Waals surface area contributed by atoms with Crippen molar-refractivity contribution < 1.29 is 24.5 Å². The number of aromatic amines is 1. The van der Waals surface area contributed by atoms with Crippen molar-refractivity contribution in [3.63, 3.8) is 0 Å². The summed E-state index contributed by atoms with van der Waals surface area (Å²) in [7, 11) is 1.13. The van der Waals surface area contributed by atoms with Gasteiger partial charge in [0.05, 0.1) is 7.11 Å². The van der Waals surface area contributed by atoms with Crippen LogP contribution in [0.15, 0.2) is 6.20 Å². The number of H-pyrrole nitrogens is 1. The molecule has 3 N–H and O–H groups in total. The molecule has 0 saturated heterocycles. The fraction of sp³-hybridized carbons (Fsp3) is 0.143. The minimum absolute atomic E-state index is 0.264. The molecule has 13 heavy (non-hydrogen) atoms. The second kappa shape index (κ2) is 3.18. The van der Waals surface area contributed by atoms with Crippen LogP contribution in [0.25, 0.3) is 0 Å². The van der Waals surface area contributed by atoms with Crippen LogP contribution in [0.5, 0.6) is 5.75 Å². The zero-order valence-electron chi connectivity index (χ0n) is 6.70. The third-order valence-electron chi connectivity index (χ3n) is 1.47. The van der Waals surface area contributed by atoms with E-state index in [2.05, 4.69) is 9.72 Å². The maximum absolute atomic E-state index is 10.9. The molecule has 0 spiro atoms. The van der Waals surface area contributed by atoms with E-state index in [0.717, 1.165) is 13.3 Å². The Labute approximate surface area is 72.8 Å². The lowest BCUT2D eigenvalue weighted by Gasteiger charge is -1.95. The number of hydrogen-bond acceptors (Lipinski definition) is 4. The van der Waals surface area contributed by atoms with Gasteiger partial charge in [-0.2, -0.15) is 0 Å². The highest BCUT2D eigenvalue weighted by Gasteiger charge is 2.20. The molecule has 0 bridgehead atoms. The van der Waals surface area contributed by atoms with E-state index >= 15 is 0 Å². The van der Waals surface area contributed by atoms with Crippen LogP contribution in [0, 0.1) is 0 Å². The van der Waals surface area contributed by atoms with Gasteiger partial charge < -0.3 is 19.9 Å². The second-order valence-corrected chi connectivity index (χ2v) is 2.22. The summed E-state index contributed by atoms with van der Waals surface area (Å²) < 4.78 is 4.29. The van der Waals surface area contributed by atoms with Crippen LogP contribution in [0.4, 0.5) is 0 Å². The van der Waals surface area contributed by atoms with Crippen LogP contribution in [0.1, 0.15) is 20.8 Å². The number of rotatable bonds is 2. The van der Waals surface area contributed by atoms with Gasteiger partial charge in [-0.1, -0.05) is 0 Å². The minimum atomic E-state index is -1.32. The van der Waals surface area contributed by atoms with Gasteiger partial charge in [-0.3, -0.25) is 0 Å². The zero-order chi connectivity index (χ0) is 10.0. The first kappa shape index (κ1) is 9.11. The molecule has 0 aromatic carbocycles. The Balaban J connectivity index is 3.13. The van der Waals surface area contributed by atoms with Crippen molar-refractivity contribution in [1.82, 2.24) is 4.98 Å².